The lowest BCUT2D eigenvalue weighted by Crippen LogP contribution is -2.33. The van der Waals surface area contributed by atoms with E-state index in [2.05, 4.69) is 10.0 Å². The summed E-state index contributed by atoms with van der Waals surface area (Å²) in [5.41, 5.74) is -0.0495. The van der Waals surface area contributed by atoms with Crippen LogP contribution in [-0.2, 0) is 10.0 Å². The fraction of sp³-hybridized carbons (Fsp3) is 0.500. The molecule has 1 aromatic rings. The van der Waals surface area contributed by atoms with E-state index >= 15 is 0 Å². The standard InChI is InChI=1S/C14H22N2O4S/c1-9(2)16-21(19,20)12-8-10(13(17)18)6-7-11(12)15-14(3,4)5/h6-9,15-16H,1-5H3,(H,17,18). The molecule has 0 saturated carbocycles. The first-order valence-corrected chi connectivity index (χ1v) is 8.08. The lowest BCUT2D eigenvalue weighted by molar-refractivity contribution is 0.0696. The van der Waals surface area contributed by atoms with Crippen LogP contribution in [-0.4, -0.2) is 31.1 Å². The zero-order chi connectivity index (χ0) is 16.4. The van der Waals surface area contributed by atoms with Crippen molar-refractivity contribution in [3.8, 4) is 0 Å². The predicted molar refractivity (Wildman–Crippen MR) is 82.2 cm³/mol. The van der Waals surface area contributed by atoms with Gasteiger partial charge in [0.25, 0.3) is 0 Å². The summed E-state index contributed by atoms with van der Waals surface area (Å²) in [5, 5.41) is 12.1. The fourth-order valence-corrected chi connectivity index (χ4v) is 3.20. The number of sulfonamides is 1. The highest BCUT2D eigenvalue weighted by atomic mass is 32.2. The van der Waals surface area contributed by atoms with Crippen molar-refractivity contribution in [3.63, 3.8) is 0 Å². The van der Waals surface area contributed by atoms with E-state index in [4.69, 9.17) is 5.11 Å². The van der Waals surface area contributed by atoms with Gasteiger partial charge in [-0.3, -0.25) is 0 Å². The number of anilines is 1. The molecular weight excluding hydrogens is 292 g/mol. The van der Waals surface area contributed by atoms with Crippen LogP contribution in [0.25, 0.3) is 0 Å². The van der Waals surface area contributed by atoms with Gasteiger partial charge in [0.2, 0.25) is 10.0 Å². The Hall–Kier alpha value is -1.60. The summed E-state index contributed by atoms with van der Waals surface area (Å²) in [5.74, 6) is -1.17. The minimum absolute atomic E-state index is 0.0639. The Balaban J connectivity index is 3.43. The molecule has 1 aromatic carbocycles. The number of aromatic carboxylic acids is 1. The monoisotopic (exact) mass is 314 g/mol. The summed E-state index contributed by atoms with van der Waals surface area (Å²) in [4.78, 5) is 11.0. The van der Waals surface area contributed by atoms with E-state index in [9.17, 15) is 13.2 Å². The summed E-state index contributed by atoms with van der Waals surface area (Å²) in [6.45, 7) is 9.09. The van der Waals surface area contributed by atoms with Crippen LogP contribution in [0.1, 0.15) is 45.0 Å². The Kier molecular flexibility index (Phi) is 5.01. The zero-order valence-corrected chi connectivity index (χ0v) is 13.7. The molecule has 6 nitrogen and oxygen atoms in total. The normalized spacial score (nSPS) is 12.5. The van der Waals surface area contributed by atoms with E-state index < -0.39 is 16.0 Å². The van der Waals surface area contributed by atoms with Gasteiger partial charge in [-0.15, -0.1) is 0 Å². The maximum Gasteiger partial charge on any atom is 0.335 e. The highest BCUT2D eigenvalue weighted by molar-refractivity contribution is 7.89. The molecule has 0 saturated heterocycles. The van der Waals surface area contributed by atoms with Crippen molar-refractivity contribution in [2.75, 3.05) is 5.32 Å². The molecule has 1 rings (SSSR count). The number of carboxylic acid groups (broad SMARTS) is 1. The number of benzene rings is 1. The summed E-state index contributed by atoms with van der Waals surface area (Å²) in [6.07, 6.45) is 0. The van der Waals surface area contributed by atoms with Crippen molar-refractivity contribution in [2.24, 2.45) is 0 Å². The number of hydrogen-bond donors (Lipinski definition) is 3. The van der Waals surface area contributed by atoms with Gasteiger partial charge in [0.1, 0.15) is 4.90 Å². The first-order chi connectivity index (χ1) is 9.42. The quantitative estimate of drug-likeness (QED) is 0.775. The third-order valence-corrected chi connectivity index (χ3v) is 4.12. The van der Waals surface area contributed by atoms with Gasteiger partial charge in [0.15, 0.2) is 0 Å². The van der Waals surface area contributed by atoms with E-state index in [1.54, 1.807) is 13.8 Å². The molecule has 0 unspecified atom stereocenters. The van der Waals surface area contributed by atoms with E-state index in [0.717, 1.165) is 0 Å². The maximum atomic E-state index is 12.4. The largest absolute Gasteiger partial charge is 0.478 e. The van der Waals surface area contributed by atoms with Crippen LogP contribution in [0.2, 0.25) is 0 Å². The van der Waals surface area contributed by atoms with E-state index in [-0.39, 0.29) is 22.0 Å². The van der Waals surface area contributed by atoms with Gasteiger partial charge < -0.3 is 10.4 Å². The second-order valence-electron chi connectivity index (χ2n) is 6.17. The van der Waals surface area contributed by atoms with E-state index in [1.807, 2.05) is 20.8 Å². The minimum atomic E-state index is -3.79. The van der Waals surface area contributed by atoms with Crippen molar-refractivity contribution in [2.45, 2.75) is 51.1 Å². The molecule has 0 spiro atoms. The summed E-state index contributed by atoms with van der Waals surface area (Å²) < 4.78 is 27.2. The highest BCUT2D eigenvalue weighted by Crippen LogP contribution is 2.26. The van der Waals surface area contributed by atoms with Gasteiger partial charge in [-0.1, -0.05) is 0 Å². The number of carbonyl (C=O) groups is 1. The molecule has 118 valence electrons. The molecule has 7 heteroatoms. The third-order valence-electron chi connectivity index (χ3n) is 2.42. The number of nitrogens with one attached hydrogen (secondary N) is 2. The van der Waals surface area contributed by atoms with Crippen molar-refractivity contribution in [3.05, 3.63) is 23.8 Å². The van der Waals surface area contributed by atoms with Gasteiger partial charge in [0, 0.05) is 11.6 Å². The smallest absolute Gasteiger partial charge is 0.335 e. The van der Waals surface area contributed by atoms with Crippen LogP contribution < -0.4 is 10.0 Å². The SMILES string of the molecule is CC(C)NS(=O)(=O)c1cc(C(=O)O)ccc1NC(C)(C)C. The molecular formula is C14H22N2O4S. The molecule has 0 fully saturated rings. The van der Waals surface area contributed by atoms with Crippen molar-refractivity contribution in [1.29, 1.82) is 0 Å². The van der Waals surface area contributed by atoms with Crippen LogP contribution >= 0.6 is 0 Å². The first kappa shape index (κ1) is 17.5. The molecule has 21 heavy (non-hydrogen) atoms. The molecule has 0 aliphatic heterocycles. The van der Waals surface area contributed by atoms with E-state index in [0.29, 0.717) is 5.69 Å². The molecule has 0 aromatic heterocycles. The number of hydrogen-bond acceptors (Lipinski definition) is 4. The second-order valence-corrected chi connectivity index (χ2v) is 7.85. The molecule has 0 bridgehead atoms. The average molecular weight is 314 g/mol. The van der Waals surface area contributed by atoms with Crippen molar-refractivity contribution >= 4 is 21.7 Å². The van der Waals surface area contributed by atoms with Gasteiger partial charge in [-0.25, -0.2) is 17.9 Å². The minimum Gasteiger partial charge on any atom is -0.478 e. The van der Waals surface area contributed by atoms with Gasteiger partial charge in [-0.2, -0.15) is 0 Å². The number of carboxylic acids is 1. The Morgan fingerprint density at radius 2 is 1.81 bits per heavy atom. The Bertz CT molecular complexity index is 631. The predicted octanol–water partition coefficient (Wildman–Crippen LogP) is 2.28. The fourth-order valence-electron chi connectivity index (χ4n) is 1.76. The Morgan fingerprint density at radius 3 is 2.24 bits per heavy atom. The van der Waals surface area contributed by atoms with Crippen LogP contribution in [0, 0.1) is 0 Å². The lowest BCUT2D eigenvalue weighted by atomic mass is 10.1. The molecule has 3 N–H and O–H groups in total. The van der Waals surface area contributed by atoms with Crippen LogP contribution in [0.3, 0.4) is 0 Å². The first-order valence-electron chi connectivity index (χ1n) is 6.60. The topological polar surface area (TPSA) is 95.5 Å². The summed E-state index contributed by atoms with van der Waals surface area (Å²) in [7, 11) is -3.79. The van der Waals surface area contributed by atoms with Crippen molar-refractivity contribution in [1.82, 2.24) is 4.72 Å². The van der Waals surface area contributed by atoms with Gasteiger partial charge in [-0.05, 0) is 52.8 Å². The highest BCUT2D eigenvalue weighted by Gasteiger charge is 2.23. The van der Waals surface area contributed by atoms with E-state index in [1.165, 1.54) is 18.2 Å². The zero-order valence-electron chi connectivity index (χ0n) is 12.9. The lowest BCUT2D eigenvalue weighted by Gasteiger charge is -2.24. The molecule has 0 amide bonds. The average Bonchev–Trinajstić information content (AvgIpc) is 2.24. The second kappa shape index (κ2) is 6.03. The number of rotatable bonds is 5. The Labute approximate surface area is 125 Å². The van der Waals surface area contributed by atoms with Gasteiger partial charge in [0.05, 0.1) is 11.3 Å². The summed E-state index contributed by atoms with van der Waals surface area (Å²) in [6, 6.07) is 3.74. The molecule has 0 atom stereocenters. The Morgan fingerprint density at radius 1 is 1.24 bits per heavy atom. The molecule has 0 heterocycles. The van der Waals surface area contributed by atoms with Crippen LogP contribution in [0.5, 0.6) is 0 Å². The van der Waals surface area contributed by atoms with Crippen molar-refractivity contribution < 1.29 is 18.3 Å². The molecule has 0 radical (unpaired) electrons. The maximum absolute atomic E-state index is 12.4. The van der Waals surface area contributed by atoms with Crippen LogP contribution in [0.15, 0.2) is 23.1 Å². The molecule has 0 aliphatic rings. The van der Waals surface area contributed by atoms with Gasteiger partial charge >= 0.3 is 5.97 Å². The third kappa shape index (κ3) is 5.02. The van der Waals surface area contributed by atoms with Crippen LogP contribution in [0.4, 0.5) is 5.69 Å². The molecule has 0 aliphatic carbocycles. The summed E-state index contributed by atoms with van der Waals surface area (Å²) >= 11 is 0.